The van der Waals surface area contributed by atoms with Crippen LogP contribution in [-0.2, 0) is 0 Å². The zero-order valence-corrected chi connectivity index (χ0v) is 26.6. The summed E-state index contributed by atoms with van der Waals surface area (Å²) in [5.74, 6) is 0.820. The maximum Gasteiger partial charge on any atom is 0.0257 e. The fourth-order valence-electron chi connectivity index (χ4n) is 7.50. The summed E-state index contributed by atoms with van der Waals surface area (Å²) < 4.78 is 1.18. The van der Waals surface area contributed by atoms with Gasteiger partial charge in [0.05, 0.1) is 0 Å². The molecular formula is C42H33Br. The van der Waals surface area contributed by atoms with E-state index in [9.17, 15) is 0 Å². The van der Waals surface area contributed by atoms with Crippen molar-refractivity contribution in [3.63, 3.8) is 0 Å². The van der Waals surface area contributed by atoms with E-state index in [2.05, 4.69) is 159 Å². The van der Waals surface area contributed by atoms with Crippen LogP contribution in [0.1, 0.15) is 50.7 Å². The van der Waals surface area contributed by atoms with E-state index in [0.717, 1.165) is 0 Å². The number of hydrogen-bond acceptors (Lipinski definition) is 0. The molecule has 8 aromatic carbocycles. The highest BCUT2D eigenvalue weighted by Crippen LogP contribution is 2.50. The molecule has 0 aliphatic carbocycles. The van der Waals surface area contributed by atoms with Gasteiger partial charge >= 0.3 is 0 Å². The predicted molar refractivity (Wildman–Crippen MR) is 192 cm³/mol. The fraction of sp³-hybridized carbons (Fsp3) is 0.143. The molecular weight excluding hydrogens is 584 g/mol. The Labute approximate surface area is 261 Å². The molecule has 0 atom stereocenters. The molecule has 0 aliphatic rings. The molecule has 43 heavy (non-hydrogen) atoms. The van der Waals surface area contributed by atoms with Gasteiger partial charge in [0, 0.05) is 4.47 Å². The highest BCUT2D eigenvalue weighted by atomic mass is 79.9. The third-order valence-corrected chi connectivity index (χ3v) is 10.1. The minimum atomic E-state index is 0.387. The van der Waals surface area contributed by atoms with Crippen molar-refractivity contribution in [1.29, 1.82) is 0 Å². The van der Waals surface area contributed by atoms with Crippen molar-refractivity contribution in [2.24, 2.45) is 0 Å². The third kappa shape index (κ3) is 3.88. The van der Waals surface area contributed by atoms with E-state index < -0.39 is 0 Å². The molecule has 0 saturated carbocycles. The van der Waals surface area contributed by atoms with Crippen molar-refractivity contribution in [2.75, 3.05) is 0 Å². The lowest BCUT2D eigenvalue weighted by molar-refractivity contribution is 0.875. The Kier molecular flexibility index (Phi) is 6.10. The van der Waals surface area contributed by atoms with Crippen molar-refractivity contribution in [1.82, 2.24) is 0 Å². The van der Waals surface area contributed by atoms with Gasteiger partial charge in [0.1, 0.15) is 0 Å². The SMILES string of the molecule is CC(C)c1cc(Br)c2ccc3c(C(C)C)cc(-c4c5ccccc5c(-c5ccccc5)c5ccccc45)c4ccc1c2c43. The first-order valence-electron chi connectivity index (χ1n) is 15.4. The van der Waals surface area contributed by atoms with E-state index >= 15 is 0 Å². The van der Waals surface area contributed by atoms with Crippen LogP contribution in [0.2, 0.25) is 0 Å². The lowest BCUT2D eigenvalue weighted by Gasteiger charge is -2.24. The van der Waals surface area contributed by atoms with E-state index in [1.807, 2.05) is 0 Å². The molecule has 0 N–H and O–H groups in total. The first-order chi connectivity index (χ1) is 20.9. The second-order valence-corrected chi connectivity index (χ2v) is 13.4. The molecule has 0 saturated heterocycles. The molecule has 208 valence electrons. The predicted octanol–water partition coefficient (Wildman–Crippen LogP) is 13.2. The molecule has 0 spiro atoms. The molecule has 0 amide bonds. The van der Waals surface area contributed by atoms with Crippen molar-refractivity contribution in [3.05, 3.63) is 131 Å². The van der Waals surface area contributed by atoms with E-state index in [1.54, 1.807) is 0 Å². The van der Waals surface area contributed by atoms with Crippen LogP contribution in [0, 0.1) is 0 Å². The van der Waals surface area contributed by atoms with Gasteiger partial charge in [-0.2, -0.15) is 0 Å². The molecule has 0 nitrogen and oxygen atoms in total. The van der Waals surface area contributed by atoms with Gasteiger partial charge in [-0.05, 0) is 111 Å². The van der Waals surface area contributed by atoms with Crippen molar-refractivity contribution in [2.45, 2.75) is 39.5 Å². The van der Waals surface area contributed by atoms with Gasteiger partial charge in [-0.3, -0.25) is 0 Å². The molecule has 8 rings (SSSR count). The molecule has 8 aromatic rings. The number of halogens is 1. The zero-order chi connectivity index (χ0) is 29.4. The molecule has 0 heterocycles. The van der Waals surface area contributed by atoms with Gasteiger partial charge < -0.3 is 0 Å². The topological polar surface area (TPSA) is 0 Å². The molecule has 0 fully saturated rings. The van der Waals surface area contributed by atoms with Gasteiger partial charge in [-0.15, -0.1) is 0 Å². The standard InChI is InChI=1S/C42H33Br/c1-24(2)35-22-37(33-19-18-32-36(25(3)4)23-38(43)34-21-20-31(35)41(33)42(32)34)40-29-16-10-8-14-27(29)39(26-12-6-5-7-13-26)28-15-9-11-17-30(28)40/h5-25H,1-4H3. The summed E-state index contributed by atoms with van der Waals surface area (Å²) in [5, 5.41) is 13.3. The largest absolute Gasteiger partial charge is 0.0622 e. The van der Waals surface area contributed by atoms with Gasteiger partial charge in [0.2, 0.25) is 0 Å². The van der Waals surface area contributed by atoms with E-state index in [0.29, 0.717) is 11.8 Å². The van der Waals surface area contributed by atoms with Crippen LogP contribution in [0.4, 0.5) is 0 Å². The van der Waals surface area contributed by atoms with Crippen LogP contribution in [0.5, 0.6) is 0 Å². The summed E-state index contributed by atoms with van der Waals surface area (Å²) in [6.07, 6.45) is 0. The Morgan fingerprint density at radius 1 is 0.419 bits per heavy atom. The molecule has 1 heteroatoms. The van der Waals surface area contributed by atoms with E-state index in [-0.39, 0.29) is 0 Å². The highest BCUT2D eigenvalue weighted by Gasteiger charge is 2.23. The van der Waals surface area contributed by atoms with Crippen LogP contribution < -0.4 is 0 Å². The summed E-state index contributed by atoms with van der Waals surface area (Å²) in [5.41, 5.74) is 8.02. The summed E-state index contributed by atoms with van der Waals surface area (Å²) in [6, 6.07) is 43.2. The molecule has 0 unspecified atom stereocenters. The Hall–Kier alpha value is -4.20. The average molecular weight is 618 g/mol. The van der Waals surface area contributed by atoms with Crippen LogP contribution >= 0.6 is 15.9 Å². The maximum atomic E-state index is 3.97. The Bertz CT molecular complexity index is 2280. The Balaban J connectivity index is 1.61. The van der Waals surface area contributed by atoms with Crippen LogP contribution in [0.3, 0.4) is 0 Å². The highest BCUT2D eigenvalue weighted by molar-refractivity contribution is 9.10. The fourth-order valence-corrected chi connectivity index (χ4v) is 8.08. The van der Waals surface area contributed by atoms with Crippen molar-refractivity contribution < 1.29 is 0 Å². The number of benzene rings is 8. The van der Waals surface area contributed by atoms with Gasteiger partial charge in [-0.1, -0.05) is 147 Å². The molecule has 0 aliphatic heterocycles. The van der Waals surface area contributed by atoms with E-state index in [1.165, 1.54) is 91.7 Å². The van der Waals surface area contributed by atoms with Crippen molar-refractivity contribution in [3.8, 4) is 22.3 Å². The lowest BCUT2D eigenvalue weighted by atomic mass is 9.80. The Morgan fingerprint density at radius 2 is 0.860 bits per heavy atom. The minimum absolute atomic E-state index is 0.387. The average Bonchev–Trinajstić information content (AvgIpc) is 3.03. The minimum Gasteiger partial charge on any atom is -0.0622 e. The quantitative estimate of drug-likeness (QED) is 0.136. The van der Waals surface area contributed by atoms with Crippen LogP contribution in [-0.4, -0.2) is 0 Å². The maximum absolute atomic E-state index is 3.97. The molecule has 0 radical (unpaired) electrons. The third-order valence-electron chi connectivity index (χ3n) is 9.42. The number of rotatable bonds is 4. The van der Waals surface area contributed by atoms with Crippen LogP contribution in [0.25, 0.3) is 76.1 Å². The normalized spacial score (nSPS) is 12.3. The van der Waals surface area contributed by atoms with Gasteiger partial charge in [0.25, 0.3) is 0 Å². The Morgan fingerprint density at radius 3 is 1.42 bits per heavy atom. The van der Waals surface area contributed by atoms with Gasteiger partial charge in [-0.25, -0.2) is 0 Å². The monoisotopic (exact) mass is 616 g/mol. The van der Waals surface area contributed by atoms with Gasteiger partial charge in [0.15, 0.2) is 0 Å². The second kappa shape index (κ2) is 9.93. The molecule has 0 aromatic heterocycles. The summed E-state index contributed by atoms with van der Waals surface area (Å²) in [6.45, 7) is 9.27. The summed E-state index contributed by atoms with van der Waals surface area (Å²) in [4.78, 5) is 0. The number of hydrogen-bond donors (Lipinski definition) is 0. The summed E-state index contributed by atoms with van der Waals surface area (Å²) in [7, 11) is 0. The smallest absolute Gasteiger partial charge is 0.0257 e. The first-order valence-corrected chi connectivity index (χ1v) is 16.2. The van der Waals surface area contributed by atoms with Crippen LogP contribution in [0.15, 0.2) is 120 Å². The first kappa shape index (κ1) is 26.4. The summed E-state index contributed by atoms with van der Waals surface area (Å²) >= 11 is 3.97. The van der Waals surface area contributed by atoms with E-state index in [4.69, 9.17) is 0 Å². The number of fused-ring (bicyclic) bond motifs is 2. The van der Waals surface area contributed by atoms with Crippen molar-refractivity contribution >= 4 is 69.8 Å². The lowest BCUT2D eigenvalue weighted by Crippen LogP contribution is -1.98. The zero-order valence-electron chi connectivity index (χ0n) is 25.0. The second-order valence-electron chi connectivity index (χ2n) is 12.5. The molecule has 0 bridgehead atoms.